The van der Waals surface area contributed by atoms with Crippen LogP contribution in [0.4, 0.5) is 0 Å². The van der Waals surface area contributed by atoms with Crippen molar-refractivity contribution >= 4 is 24.2 Å². The van der Waals surface area contributed by atoms with E-state index in [0.29, 0.717) is 13.0 Å². The number of nitrogens with one attached hydrogen (secondary N) is 1. The lowest BCUT2D eigenvalue weighted by Crippen LogP contribution is -2.47. The quantitative estimate of drug-likeness (QED) is 0.839. The summed E-state index contributed by atoms with van der Waals surface area (Å²) < 4.78 is 0. The zero-order valence-electron chi connectivity index (χ0n) is 16.5. The lowest BCUT2D eigenvalue weighted by atomic mass is 9.92. The van der Waals surface area contributed by atoms with Crippen LogP contribution in [-0.2, 0) is 16.0 Å². The third kappa shape index (κ3) is 4.87. The number of benzene rings is 1. The second-order valence-electron chi connectivity index (χ2n) is 8.42. The van der Waals surface area contributed by atoms with Crippen molar-refractivity contribution in [2.75, 3.05) is 39.3 Å². The number of hydrogen-bond acceptors (Lipinski definition) is 3. The maximum atomic E-state index is 13.1. The van der Waals surface area contributed by atoms with Crippen LogP contribution in [-0.4, -0.2) is 60.9 Å². The van der Waals surface area contributed by atoms with Crippen LogP contribution in [0.25, 0.3) is 0 Å². The molecule has 0 radical (unpaired) electrons. The Labute approximate surface area is 174 Å². The Morgan fingerprint density at radius 1 is 0.929 bits per heavy atom. The van der Waals surface area contributed by atoms with Gasteiger partial charge in [0.25, 0.3) is 0 Å². The average molecular weight is 406 g/mol. The smallest absolute Gasteiger partial charge is 0.227 e. The number of piperidine rings is 1. The normalized spacial score (nSPS) is 27.5. The van der Waals surface area contributed by atoms with E-state index < -0.39 is 0 Å². The Bertz CT molecular complexity index is 655. The number of amides is 2. The van der Waals surface area contributed by atoms with Gasteiger partial charge in [0.1, 0.15) is 0 Å². The van der Waals surface area contributed by atoms with Crippen LogP contribution in [0, 0.1) is 17.8 Å². The molecule has 0 saturated carbocycles. The number of rotatable bonds is 3. The molecule has 4 rings (SSSR count). The van der Waals surface area contributed by atoms with Gasteiger partial charge < -0.3 is 15.1 Å². The predicted molar refractivity (Wildman–Crippen MR) is 112 cm³/mol. The summed E-state index contributed by atoms with van der Waals surface area (Å²) >= 11 is 0. The van der Waals surface area contributed by atoms with Crippen molar-refractivity contribution in [1.82, 2.24) is 15.1 Å². The van der Waals surface area contributed by atoms with Gasteiger partial charge in [-0.25, -0.2) is 0 Å². The molecule has 3 aliphatic rings. The first kappa shape index (κ1) is 21.1. The molecular weight excluding hydrogens is 374 g/mol. The monoisotopic (exact) mass is 405 g/mol. The highest BCUT2D eigenvalue weighted by Crippen LogP contribution is 2.28. The third-order valence-corrected chi connectivity index (χ3v) is 6.65. The first-order valence-corrected chi connectivity index (χ1v) is 10.5. The largest absolute Gasteiger partial charge is 0.342 e. The minimum atomic E-state index is -0.0189. The first-order valence-electron chi connectivity index (χ1n) is 10.5. The molecule has 5 nitrogen and oxygen atoms in total. The fourth-order valence-electron chi connectivity index (χ4n) is 4.98. The molecule has 1 aromatic rings. The number of nitrogens with zero attached hydrogens (tertiary/aromatic N) is 2. The SMILES string of the molecule is Cl.O=C(Cc1ccccc1)N1CCCC(C(=O)N2CC[C@@H]3CNC[C@@H]3CC2)C1. The van der Waals surface area contributed by atoms with E-state index in [-0.39, 0.29) is 30.1 Å². The zero-order chi connectivity index (χ0) is 18.6. The molecule has 2 amide bonds. The number of carbonyl (C=O) groups is 2. The van der Waals surface area contributed by atoms with Gasteiger partial charge in [-0.1, -0.05) is 30.3 Å². The van der Waals surface area contributed by atoms with Gasteiger partial charge in [0.05, 0.1) is 12.3 Å². The summed E-state index contributed by atoms with van der Waals surface area (Å²) in [5, 5.41) is 3.49. The van der Waals surface area contributed by atoms with Crippen LogP contribution in [0.2, 0.25) is 0 Å². The fourth-order valence-corrected chi connectivity index (χ4v) is 4.98. The van der Waals surface area contributed by atoms with E-state index in [1.165, 1.54) is 0 Å². The molecule has 0 bridgehead atoms. The maximum absolute atomic E-state index is 13.1. The van der Waals surface area contributed by atoms with Crippen molar-refractivity contribution in [3.05, 3.63) is 35.9 Å². The molecule has 0 aliphatic carbocycles. The molecule has 28 heavy (non-hydrogen) atoms. The second-order valence-corrected chi connectivity index (χ2v) is 8.42. The summed E-state index contributed by atoms with van der Waals surface area (Å²) in [7, 11) is 0. The molecule has 3 aliphatic heterocycles. The molecule has 1 aromatic carbocycles. The van der Waals surface area contributed by atoms with Crippen molar-refractivity contribution in [1.29, 1.82) is 0 Å². The highest BCUT2D eigenvalue weighted by molar-refractivity contribution is 5.85. The maximum Gasteiger partial charge on any atom is 0.227 e. The first-order chi connectivity index (χ1) is 13.2. The molecule has 3 saturated heterocycles. The predicted octanol–water partition coefficient (Wildman–Crippen LogP) is 2.35. The molecular formula is C22H32ClN3O2. The topological polar surface area (TPSA) is 52.7 Å². The van der Waals surface area contributed by atoms with Gasteiger partial charge in [0.15, 0.2) is 0 Å². The molecule has 0 spiro atoms. The lowest BCUT2D eigenvalue weighted by molar-refractivity contribution is -0.140. The average Bonchev–Trinajstić information content (AvgIpc) is 3.06. The van der Waals surface area contributed by atoms with E-state index in [1.807, 2.05) is 35.2 Å². The molecule has 6 heteroatoms. The Morgan fingerprint density at radius 3 is 2.29 bits per heavy atom. The van der Waals surface area contributed by atoms with Gasteiger partial charge in [-0.2, -0.15) is 0 Å². The number of likely N-dealkylation sites (tertiary alicyclic amines) is 2. The molecule has 1 N–H and O–H groups in total. The summed E-state index contributed by atoms with van der Waals surface area (Å²) in [6, 6.07) is 9.89. The Hall–Kier alpha value is -1.59. The van der Waals surface area contributed by atoms with E-state index in [4.69, 9.17) is 0 Å². The van der Waals surface area contributed by atoms with Crippen molar-refractivity contribution in [3.63, 3.8) is 0 Å². The Morgan fingerprint density at radius 2 is 1.61 bits per heavy atom. The van der Waals surface area contributed by atoms with Gasteiger partial charge in [-0.15, -0.1) is 12.4 Å². The summed E-state index contributed by atoms with van der Waals surface area (Å²) in [5.74, 6) is 1.88. The lowest BCUT2D eigenvalue weighted by Gasteiger charge is -2.35. The minimum Gasteiger partial charge on any atom is -0.342 e. The van der Waals surface area contributed by atoms with E-state index >= 15 is 0 Å². The number of carbonyl (C=O) groups excluding carboxylic acids is 2. The highest BCUT2D eigenvalue weighted by Gasteiger charge is 2.35. The molecule has 3 heterocycles. The van der Waals surface area contributed by atoms with Gasteiger partial charge >= 0.3 is 0 Å². The van der Waals surface area contributed by atoms with Crippen LogP contribution in [0.5, 0.6) is 0 Å². The molecule has 3 atom stereocenters. The van der Waals surface area contributed by atoms with Crippen LogP contribution < -0.4 is 5.32 Å². The molecule has 154 valence electrons. The number of fused-ring (bicyclic) bond motifs is 1. The van der Waals surface area contributed by atoms with Crippen molar-refractivity contribution < 1.29 is 9.59 Å². The van der Waals surface area contributed by atoms with Gasteiger partial charge in [0, 0.05) is 26.2 Å². The number of hydrogen-bond donors (Lipinski definition) is 1. The summed E-state index contributed by atoms with van der Waals surface area (Å²) in [6.45, 7) is 5.36. The zero-order valence-corrected chi connectivity index (χ0v) is 17.3. The summed E-state index contributed by atoms with van der Waals surface area (Å²) in [4.78, 5) is 29.8. The second kappa shape index (κ2) is 9.75. The van der Waals surface area contributed by atoms with Gasteiger partial charge in [-0.05, 0) is 56.2 Å². The standard InChI is InChI=1S/C22H31N3O2.ClH/c26-21(13-17-5-2-1-3-6-17)25-10-4-7-20(16-25)22(27)24-11-8-18-14-23-15-19(18)9-12-24;/h1-3,5-6,18-20,23H,4,7-16H2;1H/t18-,19+,20?;. The highest BCUT2D eigenvalue weighted by atomic mass is 35.5. The van der Waals surface area contributed by atoms with Crippen molar-refractivity contribution in [2.45, 2.75) is 32.1 Å². The van der Waals surface area contributed by atoms with Crippen LogP contribution in [0.3, 0.4) is 0 Å². The fraction of sp³-hybridized carbons (Fsp3) is 0.636. The van der Waals surface area contributed by atoms with Crippen LogP contribution in [0.15, 0.2) is 30.3 Å². The van der Waals surface area contributed by atoms with E-state index in [1.54, 1.807) is 0 Å². The van der Waals surface area contributed by atoms with E-state index in [2.05, 4.69) is 10.2 Å². The molecule has 3 fully saturated rings. The Kier molecular flexibility index (Phi) is 7.36. The third-order valence-electron chi connectivity index (χ3n) is 6.65. The van der Waals surface area contributed by atoms with Gasteiger partial charge in [0.2, 0.25) is 11.8 Å². The summed E-state index contributed by atoms with van der Waals surface area (Å²) in [6.07, 6.45) is 4.51. The van der Waals surface area contributed by atoms with Crippen molar-refractivity contribution in [3.8, 4) is 0 Å². The van der Waals surface area contributed by atoms with Crippen LogP contribution in [0.1, 0.15) is 31.2 Å². The molecule has 0 aromatic heterocycles. The van der Waals surface area contributed by atoms with E-state index in [0.717, 1.165) is 75.8 Å². The van der Waals surface area contributed by atoms with E-state index in [9.17, 15) is 9.59 Å². The summed E-state index contributed by atoms with van der Waals surface area (Å²) in [5.41, 5.74) is 1.05. The Balaban J connectivity index is 0.00000225. The minimum absolute atomic E-state index is 0. The number of halogens is 1. The van der Waals surface area contributed by atoms with Crippen molar-refractivity contribution in [2.24, 2.45) is 17.8 Å². The molecule has 1 unspecified atom stereocenters. The van der Waals surface area contributed by atoms with Crippen LogP contribution >= 0.6 is 12.4 Å². The van der Waals surface area contributed by atoms with Gasteiger partial charge in [-0.3, -0.25) is 9.59 Å².